The molecule has 0 unspecified atom stereocenters. The molecule has 1 aliphatic heterocycles. The minimum Gasteiger partial charge on any atom is -0.275 e. The van der Waals surface area contributed by atoms with E-state index in [2.05, 4.69) is 0 Å². The molecule has 21 heavy (non-hydrogen) atoms. The van der Waals surface area contributed by atoms with Crippen LogP contribution in [-0.2, 0) is 9.59 Å². The minimum atomic E-state index is -0.405. The van der Waals surface area contributed by atoms with Crippen molar-refractivity contribution in [2.45, 2.75) is 71.3 Å². The molecule has 0 aromatic heterocycles. The van der Waals surface area contributed by atoms with Gasteiger partial charge in [0.05, 0.1) is 12.0 Å². The Hall–Kier alpha value is -0.860. The number of hydrogen-bond donors (Lipinski definition) is 0. The van der Waals surface area contributed by atoms with Crippen molar-refractivity contribution in [3.05, 3.63) is 0 Å². The van der Waals surface area contributed by atoms with Crippen LogP contribution in [0.1, 0.15) is 65.7 Å². The zero-order valence-corrected chi connectivity index (χ0v) is 13.5. The van der Waals surface area contributed by atoms with Gasteiger partial charge in [0.15, 0.2) is 0 Å². The molecule has 4 aliphatic carbocycles. The van der Waals surface area contributed by atoms with E-state index in [-0.39, 0.29) is 17.4 Å². The normalized spacial score (nSPS) is 44.3. The van der Waals surface area contributed by atoms with E-state index >= 15 is 0 Å². The molecular weight excluding hydrogens is 262 g/mol. The molecule has 4 bridgehead atoms. The lowest BCUT2D eigenvalue weighted by atomic mass is 9.45. The number of hydrogen-bond acceptors (Lipinski definition) is 2. The minimum absolute atomic E-state index is 0.0754. The quantitative estimate of drug-likeness (QED) is 0.731. The van der Waals surface area contributed by atoms with Gasteiger partial charge >= 0.3 is 0 Å². The first-order chi connectivity index (χ1) is 9.88. The van der Waals surface area contributed by atoms with Crippen molar-refractivity contribution in [1.82, 2.24) is 4.90 Å². The number of β-lactam (4-membered cyclic amide) rings is 1. The van der Waals surface area contributed by atoms with Crippen LogP contribution in [0.25, 0.3) is 0 Å². The SMILES string of the molecule is CCC(C)(C)C(=O)N1C(=O)CC12C1CC3CC(C1)CC2C3. The summed E-state index contributed by atoms with van der Waals surface area (Å²) >= 11 is 0. The molecule has 2 amide bonds. The van der Waals surface area contributed by atoms with Gasteiger partial charge in [0.2, 0.25) is 11.8 Å². The fraction of sp³-hybridized carbons (Fsp3) is 0.889. The first-order valence-corrected chi connectivity index (χ1v) is 8.76. The molecule has 4 saturated carbocycles. The Morgan fingerprint density at radius 3 is 2.10 bits per heavy atom. The van der Waals surface area contributed by atoms with Crippen molar-refractivity contribution in [3.63, 3.8) is 0 Å². The highest BCUT2D eigenvalue weighted by Gasteiger charge is 2.68. The van der Waals surface area contributed by atoms with E-state index in [9.17, 15) is 9.59 Å². The topological polar surface area (TPSA) is 37.4 Å². The van der Waals surface area contributed by atoms with E-state index in [1.807, 2.05) is 20.8 Å². The second kappa shape index (κ2) is 4.11. The molecule has 1 heterocycles. The van der Waals surface area contributed by atoms with Crippen LogP contribution in [-0.4, -0.2) is 22.3 Å². The van der Waals surface area contributed by atoms with Gasteiger partial charge in [0.1, 0.15) is 0 Å². The average molecular weight is 289 g/mol. The number of carbonyl (C=O) groups excluding carboxylic acids is 2. The lowest BCUT2D eigenvalue weighted by Gasteiger charge is -2.68. The molecule has 1 spiro atoms. The monoisotopic (exact) mass is 289 g/mol. The molecule has 3 nitrogen and oxygen atoms in total. The molecule has 5 rings (SSSR count). The van der Waals surface area contributed by atoms with E-state index in [4.69, 9.17) is 0 Å². The van der Waals surface area contributed by atoms with Gasteiger partial charge in [-0.05, 0) is 62.2 Å². The van der Waals surface area contributed by atoms with Crippen molar-refractivity contribution in [1.29, 1.82) is 0 Å². The smallest absolute Gasteiger partial charge is 0.235 e. The Morgan fingerprint density at radius 1 is 1.14 bits per heavy atom. The fourth-order valence-corrected chi connectivity index (χ4v) is 5.95. The van der Waals surface area contributed by atoms with Crippen molar-refractivity contribution in [2.24, 2.45) is 29.1 Å². The number of carbonyl (C=O) groups is 2. The van der Waals surface area contributed by atoms with E-state index in [1.54, 1.807) is 4.90 Å². The largest absolute Gasteiger partial charge is 0.275 e. The maximum absolute atomic E-state index is 13.0. The fourth-order valence-electron chi connectivity index (χ4n) is 5.95. The van der Waals surface area contributed by atoms with E-state index < -0.39 is 5.41 Å². The van der Waals surface area contributed by atoms with Crippen LogP contribution in [0.3, 0.4) is 0 Å². The predicted molar refractivity (Wildman–Crippen MR) is 80.3 cm³/mol. The summed E-state index contributed by atoms with van der Waals surface area (Å²) in [6.07, 6.45) is 7.89. The Labute approximate surface area is 127 Å². The molecule has 0 radical (unpaired) electrons. The van der Waals surface area contributed by atoms with Crippen LogP contribution in [0.5, 0.6) is 0 Å². The van der Waals surface area contributed by atoms with Gasteiger partial charge < -0.3 is 0 Å². The Kier molecular flexibility index (Phi) is 2.70. The van der Waals surface area contributed by atoms with Crippen LogP contribution in [0.2, 0.25) is 0 Å². The highest BCUT2D eigenvalue weighted by Crippen LogP contribution is 2.64. The highest BCUT2D eigenvalue weighted by atomic mass is 16.2. The van der Waals surface area contributed by atoms with Gasteiger partial charge in [0.25, 0.3) is 0 Å². The summed E-state index contributed by atoms with van der Waals surface area (Å²) in [5.41, 5.74) is -0.480. The van der Waals surface area contributed by atoms with E-state index in [0.717, 1.165) is 18.3 Å². The number of rotatable bonds is 2. The standard InChI is InChI=1S/C18H27NO2/c1-4-17(2,3)16(21)19-15(20)10-18(19)13-6-11-5-12(8-13)9-14(18)7-11/h11-14H,4-10H2,1-3H3. The van der Waals surface area contributed by atoms with Crippen LogP contribution in [0, 0.1) is 29.1 Å². The molecule has 5 aliphatic rings. The third-order valence-electron chi connectivity index (χ3n) is 7.32. The zero-order valence-electron chi connectivity index (χ0n) is 13.5. The summed E-state index contributed by atoms with van der Waals surface area (Å²) in [6.45, 7) is 6.03. The molecule has 5 fully saturated rings. The van der Waals surface area contributed by atoms with Crippen molar-refractivity contribution >= 4 is 11.8 Å². The van der Waals surface area contributed by atoms with Crippen LogP contribution < -0.4 is 0 Å². The number of nitrogens with zero attached hydrogens (tertiary/aromatic N) is 1. The number of likely N-dealkylation sites (tertiary alicyclic amines) is 1. The molecule has 1 saturated heterocycles. The van der Waals surface area contributed by atoms with Crippen molar-refractivity contribution in [3.8, 4) is 0 Å². The van der Waals surface area contributed by atoms with E-state index in [1.165, 1.54) is 32.1 Å². The van der Waals surface area contributed by atoms with Gasteiger partial charge in [-0.1, -0.05) is 20.8 Å². The predicted octanol–water partition coefficient (Wildman–Crippen LogP) is 3.38. The summed E-state index contributed by atoms with van der Waals surface area (Å²) in [5.74, 6) is 3.14. The zero-order chi connectivity index (χ0) is 15.0. The maximum Gasteiger partial charge on any atom is 0.235 e. The second-order valence-electron chi connectivity index (χ2n) is 8.74. The molecule has 0 aromatic rings. The summed E-state index contributed by atoms with van der Waals surface area (Å²) in [6, 6.07) is 0. The van der Waals surface area contributed by atoms with Crippen LogP contribution in [0.15, 0.2) is 0 Å². The molecule has 116 valence electrons. The van der Waals surface area contributed by atoms with Crippen LogP contribution in [0.4, 0.5) is 0 Å². The first kappa shape index (κ1) is 13.8. The van der Waals surface area contributed by atoms with Crippen molar-refractivity contribution in [2.75, 3.05) is 0 Å². The molecule has 3 heteroatoms. The summed E-state index contributed by atoms with van der Waals surface area (Å²) in [5, 5.41) is 0. The summed E-state index contributed by atoms with van der Waals surface area (Å²) < 4.78 is 0. The van der Waals surface area contributed by atoms with Gasteiger partial charge in [0, 0.05) is 5.41 Å². The second-order valence-corrected chi connectivity index (χ2v) is 8.74. The summed E-state index contributed by atoms with van der Waals surface area (Å²) in [4.78, 5) is 27.1. The lowest BCUT2D eigenvalue weighted by Crippen LogP contribution is -2.77. The Balaban J connectivity index is 1.69. The van der Waals surface area contributed by atoms with Gasteiger partial charge in [-0.25, -0.2) is 0 Å². The van der Waals surface area contributed by atoms with E-state index in [0.29, 0.717) is 18.3 Å². The maximum atomic E-state index is 13.0. The third-order valence-corrected chi connectivity index (χ3v) is 7.32. The van der Waals surface area contributed by atoms with Gasteiger partial charge in [-0.2, -0.15) is 0 Å². The van der Waals surface area contributed by atoms with Gasteiger partial charge in [-0.3, -0.25) is 14.5 Å². The molecule has 0 atom stereocenters. The summed E-state index contributed by atoms with van der Waals surface area (Å²) in [7, 11) is 0. The number of imide groups is 1. The lowest BCUT2D eigenvalue weighted by molar-refractivity contribution is -0.208. The van der Waals surface area contributed by atoms with Crippen LogP contribution >= 0.6 is 0 Å². The van der Waals surface area contributed by atoms with Gasteiger partial charge in [-0.15, -0.1) is 0 Å². The molecule has 0 aromatic carbocycles. The Bertz CT molecular complexity index is 479. The molecular formula is C18H27NO2. The third kappa shape index (κ3) is 1.61. The van der Waals surface area contributed by atoms with Crippen molar-refractivity contribution < 1.29 is 9.59 Å². The average Bonchev–Trinajstić information content (AvgIpc) is 2.41. The number of amides is 2. The highest BCUT2D eigenvalue weighted by molar-refractivity contribution is 6.04. The first-order valence-electron chi connectivity index (χ1n) is 8.76. The Morgan fingerprint density at radius 2 is 1.67 bits per heavy atom. The molecule has 0 N–H and O–H groups in total.